The van der Waals surface area contributed by atoms with Gasteiger partial charge in [0.2, 0.25) is 0 Å². The molecule has 0 aromatic heterocycles. The average Bonchev–Trinajstić information content (AvgIpc) is 1.84. The molecule has 0 saturated carbocycles. The highest BCUT2D eigenvalue weighted by Gasteiger charge is 2.17. The quantitative estimate of drug-likeness (QED) is 0.590. The molecule has 4 heteroatoms. The standard InChI is InChI=1S/C8H15NO3/c1-5(2)3-6(9)7(10)4-8(11)12/h5-6H,3-4,9H2,1-2H3,(H,11,12)/t6-/m0/s1. The highest BCUT2D eigenvalue weighted by molar-refractivity contribution is 5.97. The van der Waals surface area contributed by atoms with Gasteiger partial charge in [-0.3, -0.25) is 9.59 Å². The largest absolute Gasteiger partial charge is 0.481 e. The molecule has 0 spiro atoms. The first-order chi connectivity index (χ1) is 5.43. The van der Waals surface area contributed by atoms with E-state index in [0.717, 1.165) is 0 Å². The number of carbonyl (C=O) groups excluding carboxylic acids is 1. The fourth-order valence-electron chi connectivity index (χ4n) is 0.919. The molecule has 0 saturated heterocycles. The van der Waals surface area contributed by atoms with Crippen LogP contribution in [-0.4, -0.2) is 22.9 Å². The molecule has 3 N–H and O–H groups in total. The first-order valence-electron chi connectivity index (χ1n) is 3.93. The van der Waals surface area contributed by atoms with Crippen LogP contribution in [0.25, 0.3) is 0 Å². The van der Waals surface area contributed by atoms with Crippen LogP contribution in [0.3, 0.4) is 0 Å². The molecule has 0 rings (SSSR count). The van der Waals surface area contributed by atoms with E-state index in [2.05, 4.69) is 0 Å². The molecule has 1 atom stereocenters. The Hall–Kier alpha value is -0.900. The van der Waals surface area contributed by atoms with Crippen LogP contribution in [0.15, 0.2) is 0 Å². The number of aliphatic carboxylic acids is 1. The van der Waals surface area contributed by atoms with E-state index in [-0.39, 0.29) is 0 Å². The third-order valence-corrected chi connectivity index (χ3v) is 1.46. The first kappa shape index (κ1) is 11.1. The lowest BCUT2D eigenvalue weighted by molar-refractivity contribution is -0.140. The predicted molar refractivity (Wildman–Crippen MR) is 44.7 cm³/mol. The Balaban J connectivity index is 3.85. The molecule has 0 unspecified atom stereocenters. The van der Waals surface area contributed by atoms with Crippen molar-refractivity contribution < 1.29 is 14.7 Å². The lowest BCUT2D eigenvalue weighted by Crippen LogP contribution is -2.33. The Morgan fingerprint density at radius 3 is 2.25 bits per heavy atom. The summed E-state index contributed by atoms with van der Waals surface area (Å²) < 4.78 is 0. The van der Waals surface area contributed by atoms with Crippen LogP contribution in [0.1, 0.15) is 26.7 Å². The normalized spacial score (nSPS) is 13.0. The van der Waals surface area contributed by atoms with Gasteiger partial charge in [0.1, 0.15) is 6.42 Å². The van der Waals surface area contributed by atoms with E-state index >= 15 is 0 Å². The molecule has 0 aliphatic carbocycles. The molecule has 0 heterocycles. The number of hydrogen-bond donors (Lipinski definition) is 2. The van der Waals surface area contributed by atoms with Crippen molar-refractivity contribution in [3.8, 4) is 0 Å². The second-order valence-corrected chi connectivity index (χ2v) is 3.27. The van der Waals surface area contributed by atoms with Crippen LogP contribution in [0.2, 0.25) is 0 Å². The van der Waals surface area contributed by atoms with E-state index in [9.17, 15) is 9.59 Å². The van der Waals surface area contributed by atoms with E-state index in [1.165, 1.54) is 0 Å². The molecule has 0 amide bonds. The number of rotatable bonds is 5. The van der Waals surface area contributed by atoms with Gasteiger partial charge < -0.3 is 10.8 Å². The minimum absolute atomic E-state index is 0.317. The third kappa shape index (κ3) is 4.85. The zero-order valence-electron chi connectivity index (χ0n) is 7.41. The number of Topliss-reactive ketones (excluding diaryl/α,β-unsaturated/α-hetero) is 1. The maximum Gasteiger partial charge on any atom is 0.310 e. The first-order valence-corrected chi connectivity index (χ1v) is 3.93. The Morgan fingerprint density at radius 2 is 1.92 bits per heavy atom. The summed E-state index contributed by atoms with van der Waals surface area (Å²) in [7, 11) is 0. The van der Waals surface area contributed by atoms with Crippen molar-refractivity contribution in [2.45, 2.75) is 32.7 Å². The maximum absolute atomic E-state index is 11.0. The van der Waals surface area contributed by atoms with E-state index < -0.39 is 24.2 Å². The summed E-state index contributed by atoms with van der Waals surface area (Å²) in [6.07, 6.45) is 0.0833. The summed E-state index contributed by atoms with van der Waals surface area (Å²) in [5, 5.41) is 8.29. The maximum atomic E-state index is 11.0. The van der Waals surface area contributed by atoms with Gasteiger partial charge in [0.05, 0.1) is 6.04 Å². The molecule has 70 valence electrons. The lowest BCUT2D eigenvalue weighted by atomic mass is 10.00. The number of carboxylic acids is 1. The molecule has 4 nitrogen and oxygen atoms in total. The van der Waals surface area contributed by atoms with Gasteiger partial charge in [-0.05, 0) is 12.3 Å². The fourth-order valence-corrected chi connectivity index (χ4v) is 0.919. The van der Waals surface area contributed by atoms with Gasteiger partial charge in [0, 0.05) is 0 Å². The Morgan fingerprint density at radius 1 is 1.42 bits per heavy atom. The highest BCUT2D eigenvalue weighted by atomic mass is 16.4. The molecule has 0 aromatic rings. The monoisotopic (exact) mass is 173 g/mol. The van der Waals surface area contributed by atoms with Gasteiger partial charge in [-0.15, -0.1) is 0 Å². The van der Waals surface area contributed by atoms with Gasteiger partial charge in [0.15, 0.2) is 5.78 Å². The SMILES string of the molecule is CC(C)C[C@H](N)C(=O)CC(=O)O. The van der Waals surface area contributed by atoms with Crippen LogP contribution in [-0.2, 0) is 9.59 Å². The Kier molecular flexibility index (Phi) is 4.51. The van der Waals surface area contributed by atoms with Crippen molar-refractivity contribution in [2.24, 2.45) is 11.7 Å². The fraction of sp³-hybridized carbons (Fsp3) is 0.750. The van der Waals surface area contributed by atoms with Crippen LogP contribution >= 0.6 is 0 Å². The lowest BCUT2D eigenvalue weighted by Gasteiger charge is -2.10. The van der Waals surface area contributed by atoms with Crippen LogP contribution in [0.5, 0.6) is 0 Å². The molecule has 0 aliphatic rings. The highest BCUT2D eigenvalue weighted by Crippen LogP contribution is 2.04. The van der Waals surface area contributed by atoms with Crippen molar-refractivity contribution in [3.63, 3.8) is 0 Å². The molecular formula is C8H15NO3. The molecule has 0 radical (unpaired) electrons. The molecular weight excluding hydrogens is 158 g/mol. The Labute approximate surface area is 71.8 Å². The van der Waals surface area contributed by atoms with Crippen LogP contribution in [0.4, 0.5) is 0 Å². The molecule has 12 heavy (non-hydrogen) atoms. The van der Waals surface area contributed by atoms with Crippen molar-refractivity contribution in [1.29, 1.82) is 0 Å². The van der Waals surface area contributed by atoms with Crippen molar-refractivity contribution in [1.82, 2.24) is 0 Å². The van der Waals surface area contributed by atoms with Gasteiger partial charge >= 0.3 is 5.97 Å². The molecule has 0 aliphatic heterocycles. The zero-order chi connectivity index (χ0) is 9.72. The summed E-state index contributed by atoms with van der Waals surface area (Å²) in [5.74, 6) is -1.19. The smallest absolute Gasteiger partial charge is 0.310 e. The number of carbonyl (C=O) groups is 2. The van der Waals surface area contributed by atoms with Crippen LogP contribution < -0.4 is 5.73 Å². The summed E-state index contributed by atoms with van der Waals surface area (Å²) in [4.78, 5) is 21.1. The average molecular weight is 173 g/mol. The second-order valence-electron chi connectivity index (χ2n) is 3.27. The van der Waals surface area contributed by atoms with Crippen LogP contribution in [0, 0.1) is 5.92 Å². The van der Waals surface area contributed by atoms with Gasteiger partial charge in [-0.2, -0.15) is 0 Å². The van der Waals surface area contributed by atoms with E-state index in [1.54, 1.807) is 0 Å². The summed E-state index contributed by atoms with van der Waals surface area (Å²) >= 11 is 0. The van der Waals surface area contributed by atoms with Crippen molar-refractivity contribution in [3.05, 3.63) is 0 Å². The third-order valence-electron chi connectivity index (χ3n) is 1.46. The van der Waals surface area contributed by atoms with E-state index in [1.807, 2.05) is 13.8 Å². The number of carboxylic acid groups (broad SMARTS) is 1. The minimum Gasteiger partial charge on any atom is -0.481 e. The molecule has 0 fully saturated rings. The topological polar surface area (TPSA) is 80.4 Å². The summed E-state index contributed by atoms with van der Waals surface area (Å²) in [6.45, 7) is 3.88. The second kappa shape index (κ2) is 4.87. The van der Waals surface area contributed by atoms with Crippen molar-refractivity contribution >= 4 is 11.8 Å². The summed E-state index contributed by atoms with van der Waals surface area (Å²) in [5.41, 5.74) is 5.45. The number of ketones is 1. The van der Waals surface area contributed by atoms with Gasteiger partial charge in [0.25, 0.3) is 0 Å². The van der Waals surface area contributed by atoms with Gasteiger partial charge in [-0.1, -0.05) is 13.8 Å². The number of nitrogens with two attached hydrogens (primary N) is 1. The minimum atomic E-state index is -1.11. The summed E-state index contributed by atoms with van der Waals surface area (Å²) in [6, 6.07) is -0.624. The van der Waals surface area contributed by atoms with Crippen molar-refractivity contribution in [2.75, 3.05) is 0 Å². The van der Waals surface area contributed by atoms with Gasteiger partial charge in [-0.25, -0.2) is 0 Å². The van der Waals surface area contributed by atoms with E-state index in [4.69, 9.17) is 10.8 Å². The number of hydrogen-bond acceptors (Lipinski definition) is 3. The Bertz CT molecular complexity index is 177. The molecule has 0 bridgehead atoms. The van der Waals surface area contributed by atoms with E-state index in [0.29, 0.717) is 12.3 Å². The zero-order valence-corrected chi connectivity index (χ0v) is 7.41. The molecule has 0 aromatic carbocycles. The predicted octanol–water partition coefficient (Wildman–Crippen LogP) is 0.404.